The molecule has 1 aliphatic heterocycles. The normalized spacial score (nSPS) is 18.4. The van der Waals surface area contributed by atoms with Gasteiger partial charge >= 0.3 is 0 Å². The number of hydrogen-bond donors (Lipinski definition) is 2. The third-order valence-corrected chi connectivity index (χ3v) is 3.62. The van der Waals surface area contributed by atoms with E-state index in [0.717, 1.165) is 0 Å². The van der Waals surface area contributed by atoms with Gasteiger partial charge in [-0.15, -0.1) is 0 Å². The molecule has 6 heteroatoms. The number of anilines is 2. The molecule has 0 spiro atoms. The summed E-state index contributed by atoms with van der Waals surface area (Å²) in [6, 6.07) is 5.18. The number of rotatable bonds is 1. The van der Waals surface area contributed by atoms with E-state index in [9.17, 15) is 4.79 Å². The lowest BCUT2D eigenvalue weighted by Gasteiger charge is -2.42. The topological polar surface area (TPSA) is 84.2 Å². The van der Waals surface area contributed by atoms with Gasteiger partial charge in [0.25, 0.3) is 5.56 Å². The molecule has 1 aromatic carbocycles. The van der Waals surface area contributed by atoms with E-state index < -0.39 is 0 Å². The SMILES string of the molecule is CC1(C)COCCN1c1nc2ccc(N)cc2c(=O)[nH]1. The Labute approximate surface area is 116 Å². The standard InChI is InChI=1S/C14H18N4O2/c1-14(2)8-20-6-5-18(14)13-16-11-4-3-9(15)7-10(11)12(19)17-13/h3-4,7H,5-6,8,15H2,1-2H3,(H,16,17,19). The Morgan fingerprint density at radius 2 is 2.25 bits per heavy atom. The van der Waals surface area contributed by atoms with E-state index in [4.69, 9.17) is 10.5 Å². The van der Waals surface area contributed by atoms with Gasteiger partial charge in [-0.3, -0.25) is 9.78 Å². The lowest BCUT2D eigenvalue weighted by molar-refractivity contribution is 0.0634. The van der Waals surface area contributed by atoms with E-state index in [-0.39, 0.29) is 11.1 Å². The minimum atomic E-state index is -0.199. The van der Waals surface area contributed by atoms with Gasteiger partial charge in [-0.05, 0) is 32.0 Å². The molecule has 0 saturated carbocycles. The number of ether oxygens (including phenoxy) is 1. The van der Waals surface area contributed by atoms with Crippen LogP contribution >= 0.6 is 0 Å². The molecule has 6 nitrogen and oxygen atoms in total. The Hall–Kier alpha value is -2.08. The molecule has 20 heavy (non-hydrogen) atoms. The highest BCUT2D eigenvalue weighted by molar-refractivity contribution is 5.81. The summed E-state index contributed by atoms with van der Waals surface area (Å²) < 4.78 is 5.49. The number of H-pyrrole nitrogens is 1. The average Bonchev–Trinajstić information content (AvgIpc) is 2.39. The molecule has 0 unspecified atom stereocenters. The number of aromatic amines is 1. The van der Waals surface area contributed by atoms with E-state index in [0.29, 0.717) is 42.3 Å². The molecule has 2 heterocycles. The highest BCUT2D eigenvalue weighted by atomic mass is 16.5. The van der Waals surface area contributed by atoms with Gasteiger partial charge in [-0.1, -0.05) is 0 Å². The molecular formula is C14H18N4O2. The molecule has 0 radical (unpaired) electrons. The Kier molecular flexibility index (Phi) is 2.90. The van der Waals surface area contributed by atoms with Crippen molar-refractivity contribution < 1.29 is 4.74 Å². The molecule has 0 amide bonds. The van der Waals surface area contributed by atoms with Crippen LogP contribution in [0.25, 0.3) is 10.9 Å². The quantitative estimate of drug-likeness (QED) is 0.761. The minimum Gasteiger partial charge on any atom is -0.399 e. The zero-order chi connectivity index (χ0) is 14.3. The minimum absolute atomic E-state index is 0.167. The van der Waals surface area contributed by atoms with Crippen LogP contribution in [0, 0.1) is 0 Å². The molecular weight excluding hydrogens is 256 g/mol. The number of hydrogen-bond acceptors (Lipinski definition) is 5. The summed E-state index contributed by atoms with van der Waals surface area (Å²) in [6.07, 6.45) is 0. The van der Waals surface area contributed by atoms with E-state index >= 15 is 0 Å². The van der Waals surface area contributed by atoms with Crippen molar-refractivity contribution in [2.24, 2.45) is 0 Å². The van der Waals surface area contributed by atoms with E-state index in [1.165, 1.54) is 0 Å². The molecule has 3 rings (SSSR count). The molecule has 0 aliphatic carbocycles. The zero-order valence-electron chi connectivity index (χ0n) is 11.6. The highest BCUT2D eigenvalue weighted by Crippen LogP contribution is 2.24. The molecule has 1 aromatic heterocycles. The number of nitrogens with two attached hydrogens (primary N) is 1. The Balaban J connectivity index is 2.13. The first-order valence-corrected chi connectivity index (χ1v) is 6.62. The van der Waals surface area contributed by atoms with Crippen molar-refractivity contribution in [3.05, 3.63) is 28.6 Å². The monoisotopic (exact) mass is 274 g/mol. The lowest BCUT2D eigenvalue weighted by atomic mass is 10.0. The molecule has 0 atom stereocenters. The van der Waals surface area contributed by atoms with Crippen LogP contribution < -0.4 is 16.2 Å². The third-order valence-electron chi connectivity index (χ3n) is 3.62. The second-order valence-electron chi connectivity index (χ2n) is 5.68. The summed E-state index contributed by atoms with van der Waals surface area (Å²) in [5.41, 5.74) is 6.56. The first kappa shape index (κ1) is 12.9. The Bertz CT molecular complexity index is 708. The van der Waals surface area contributed by atoms with Crippen LogP contribution in [0.5, 0.6) is 0 Å². The maximum Gasteiger partial charge on any atom is 0.260 e. The average molecular weight is 274 g/mol. The van der Waals surface area contributed by atoms with Crippen LogP contribution in [0.15, 0.2) is 23.0 Å². The van der Waals surface area contributed by atoms with Crippen molar-refractivity contribution in [3.8, 4) is 0 Å². The van der Waals surface area contributed by atoms with Crippen molar-refractivity contribution in [3.63, 3.8) is 0 Å². The fourth-order valence-electron chi connectivity index (χ4n) is 2.52. The number of nitrogens with one attached hydrogen (secondary N) is 1. The fraction of sp³-hybridized carbons (Fsp3) is 0.429. The van der Waals surface area contributed by atoms with Gasteiger partial charge in [0, 0.05) is 12.2 Å². The Morgan fingerprint density at radius 1 is 1.45 bits per heavy atom. The van der Waals surface area contributed by atoms with Crippen molar-refractivity contribution >= 4 is 22.5 Å². The van der Waals surface area contributed by atoms with Gasteiger partial charge < -0.3 is 15.4 Å². The molecule has 0 bridgehead atoms. The number of morpholine rings is 1. The number of nitrogen functional groups attached to an aromatic ring is 1. The highest BCUT2D eigenvalue weighted by Gasteiger charge is 2.32. The zero-order valence-corrected chi connectivity index (χ0v) is 11.6. The van der Waals surface area contributed by atoms with Gasteiger partial charge in [0.2, 0.25) is 5.95 Å². The van der Waals surface area contributed by atoms with Crippen LogP contribution in [0.2, 0.25) is 0 Å². The molecule has 3 N–H and O–H groups in total. The van der Waals surface area contributed by atoms with E-state index in [2.05, 4.69) is 28.7 Å². The number of nitrogens with zero attached hydrogens (tertiary/aromatic N) is 2. The van der Waals surface area contributed by atoms with Gasteiger partial charge in [0.1, 0.15) is 0 Å². The molecule has 106 valence electrons. The van der Waals surface area contributed by atoms with Crippen molar-refractivity contribution in [2.45, 2.75) is 19.4 Å². The van der Waals surface area contributed by atoms with Gasteiger partial charge in [-0.2, -0.15) is 0 Å². The van der Waals surface area contributed by atoms with E-state index in [1.807, 2.05) is 0 Å². The maximum absolute atomic E-state index is 12.2. The van der Waals surface area contributed by atoms with Crippen LogP contribution in [-0.4, -0.2) is 35.3 Å². The van der Waals surface area contributed by atoms with Crippen molar-refractivity contribution in [1.29, 1.82) is 0 Å². The van der Waals surface area contributed by atoms with Gasteiger partial charge in [0.05, 0.1) is 29.7 Å². The first-order valence-electron chi connectivity index (χ1n) is 6.62. The van der Waals surface area contributed by atoms with Crippen molar-refractivity contribution in [1.82, 2.24) is 9.97 Å². The lowest BCUT2D eigenvalue weighted by Crippen LogP contribution is -2.54. The summed E-state index contributed by atoms with van der Waals surface area (Å²) in [7, 11) is 0. The smallest absolute Gasteiger partial charge is 0.260 e. The van der Waals surface area contributed by atoms with Gasteiger partial charge in [-0.25, -0.2) is 4.98 Å². The summed E-state index contributed by atoms with van der Waals surface area (Å²) >= 11 is 0. The summed E-state index contributed by atoms with van der Waals surface area (Å²) in [5, 5.41) is 0.514. The summed E-state index contributed by atoms with van der Waals surface area (Å²) in [4.78, 5) is 21.7. The summed E-state index contributed by atoms with van der Waals surface area (Å²) in [5.74, 6) is 0.584. The Morgan fingerprint density at radius 3 is 3.00 bits per heavy atom. The first-order chi connectivity index (χ1) is 9.47. The summed E-state index contributed by atoms with van der Waals surface area (Å²) in [6.45, 7) is 6.08. The van der Waals surface area contributed by atoms with Crippen LogP contribution in [0.1, 0.15) is 13.8 Å². The van der Waals surface area contributed by atoms with Gasteiger partial charge in [0.15, 0.2) is 0 Å². The molecule has 1 saturated heterocycles. The predicted octanol–water partition coefficient (Wildman–Crippen LogP) is 1.12. The van der Waals surface area contributed by atoms with Crippen molar-refractivity contribution in [2.75, 3.05) is 30.4 Å². The number of fused-ring (bicyclic) bond motifs is 1. The second-order valence-corrected chi connectivity index (χ2v) is 5.68. The largest absolute Gasteiger partial charge is 0.399 e. The molecule has 1 aliphatic rings. The maximum atomic E-state index is 12.2. The molecule has 1 fully saturated rings. The second kappa shape index (κ2) is 4.49. The van der Waals surface area contributed by atoms with Crippen LogP contribution in [-0.2, 0) is 4.74 Å². The van der Waals surface area contributed by atoms with E-state index in [1.54, 1.807) is 18.2 Å². The predicted molar refractivity (Wildman–Crippen MR) is 79.0 cm³/mol. The fourth-order valence-corrected chi connectivity index (χ4v) is 2.52. The van der Waals surface area contributed by atoms with Crippen LogP contribution in [0.4, 0.5) is 11.6 Å². The number of benzene rings is 1. The van der Waals surface area contributed by atoms with Crippen LogP contribution in [0.3, 0.4) is 0 Å². The third kappa shape index (κ3) is 2.12. The molecule has 2 aromatic rings. The number of aromatic nitrogens is 2.